The summed E-state index contributed by atoms with van der Waals surface area (Å²) in [5, 5.41) is 4.57. The Morgan fingerprint density at radius 1 is 1.04 bits per heavy atom. The van der Waals surface area contributed by atoms with Crippen LogP contribution in [-0.4, -0.2) is 10.5 Å². The third-order valence-corrected chi connectivity index (χ3v) is 4.98. The Kier molecular flexibility index (Phi) is 4.26. The molecule has 4 rings (SSSR count). The SMILES string of the molecule is O=C(Nc1ccccc1F)c1cc2sccc2n1Cc1ccc(F)cc1. The largest absolute Gasteiger partial charge is 0.331 e. The molecule has 0 aliphatic rings. The van der Waals surface area contributed by atoms with E-state index in [-0.39, 0.29) is 17.4 Å². The van der Waals surface area contributed by atoms with E-state index in [1.165, 1.54) is 35.6 Å². The van der Waals surface area contributed by atoms with Gasteiger partial charge < -0.3 is 9.88 Å². The summed E-state index contributed by atoms with van der Waals surface area (Å²) in [5.41, 5.74) is 2.35. The molecule has 0 spiro atoms. The summed E-state index contributed by atoms with van der Waals surface area (Å²) >= 11 is 1.53. The first kappa shape index (κ1) is 16.5. The lowest BCUT2D eigenvalue weighted by atomic mass is 10.2. The van der Waals surface area contributed by atoms with Gasteiger partial charge in [-0.1, -0.05) is 24.3 Å². The fourth-order valence-corrected chi connectivity index (χ4v) is 3.68. The molecule has 1 amide bonds. The number of anilines is 1. The molecule has 4 aromatic rings. The molecule has 0 saturated heterocycles. The fourth-order valence-electron chi connectivity index (χ4n) is 2.86. The minimum absolute atomic E-state index is 0.135. The van der Waals surface area contributed by atoms with Gasteiger partial charge in [0, 0.05) is 6.54 Å². The van der Waals surface area contributed by atoms with Crippen LogP contribution in [0.15, 0.2) is 66.0 Å². The summed E-state index contributed by atoms with van der Waals surface area (Å²) < 4.78 is 29.8. The van der Waals surface area contributed by atoms with Crippen LogP contribution in [0.2, 0.25) is 0 Å². The quantitative estimate of drug-likeness (QED) is 0.522. The number of benzene rings is 2. The minimum atomic E-state index is -0.487. The van der Waals surface area contributed by atoms with Crippen molar-refractivity contribution in [2.45, 2.75) is 6.54 Å². The molecule has 0 aliphatic carbocycles. The molecule has 3 nitrogen and oxygen atoms in total. The van der Waals surface area contributed by atoms with Crippen LogP contribution in [0.4, 0.5) is 14.5 Å². The van der Waals surface area contributed by atoms with Crippen molar-refractivity contribution in [3.8, 4) is 0 Å². The van der Waals surface area contributed by atoms with E-state index in [0.29, 0.717) is 12.2 Å². The Morgan fingerprint density at radius 2 is 1.81 bits per heavy atom. The van der Waals surface area contributed by atoms with Gasteiger partial charge in [-0.15, -0.1) is 11.3 Å². The van der Waals surface area contributed by atoms with Gasteiger partial charge in [0.05, 0.1) is 15.9 Å². The highest BCUT2D eigenvalue weighted by Crippen LogP contribution is 2.27. The maximum Gasteiger partial charge on any atom is 0.272 e. The van der Waals surface area contributed by atoms with Crippen LogP contribution in [0.5, 0.6) is 0 Å². The van der Waals surface area contributed by atoms with Crippen molar-refractivity contribution in [1.29, 1.82) is 0 Å². The van der Waals surface area contributed by atoms with E-state index in [1.54, 1.807) is 30.3 Å². The number of para-hydroxylation sites is 1. The van der Waals surface area contributed by atoms with E-state index < -0.39 is 5.82 Å². The molecule has 130 valence electrons. The number of rotatable bonds is 4. The highest BCUT2D eigenvalue weighted by atomic mass is 32.1. The van der Waals surface area contributed by atoms with Gasteiger partial charge in [0.15, 0.2) is 0 Å². The third-order valence-electron chi connectivity index (χ3n) is 4.13. The Balaban J connectivity index is 1.70. The van der Waals surface area contributed by atoms with Crippen LogP contribution in [0, 0.1) is 11.6 Å². The second-order valence-corrected chi connectivity index (χ2v) is 6.79. The first-order chi connectivity index (χ1) is 12.6. The number of nitrogens with one attached hydrogen (secondary N) is 1. The van der Waals surface area contributed by atoms with Gasteiger partial charge in [-0.05, 0) is 47.3 Å². The van der Waals surface area contributed by atoms with Crippen LogP contribution in [0.25, 0.3) is 10.2 Å². The number of carbonyl (C=O) groups is 1. The molecule has 2 aromatic carbocycles. The number of amides is 1. The molecule has 0 atom stereocenters. The molecule has 1 N–H and O–H groups in total. The molecule has 0 fully saturated rings. The van der Waals surface area contributed by atoms with Crippen LogP contribution >= 0.6 is 11.3 Å². The van der Waals surface area contributed by atoms with E-state index >= 15 is 0 Å². The Bertz CT molecular complexity index is 1080. The number of hydrogen-bond donors (Lipinski definition) is 1. The lowest BCUT2D eigenvalue weighted by Crippen LogP contribution is -2.18. The van der Waals surface area contributed by atoms with Gasteiger partial charge in [0.2, 0.25) is 0 Å². The Labute approximate surface area is 152 Å². The average Bonchev–Trinajstić information content (AvgIpc) is 3.21. The van der Waals surface area contributed by atoms with E-state index in [2.05, 4.69) is 5.32 Å². The predicted octanol–water partition coefficient (Wildman–Crippen LogP) is 5.28. The van der Waals surface area contributed by atoms with Crippen molar-refractivity contribution in [1.82, 2.24) is 4.57 Å². The monoisotopic (exact) mass is 368 g/mol. The standard InChI is InChI=1S/C20H14F2N2OS/c21-14-7-5-13(6-8-14)12-24-17-9-10-26-19(17)11-18(24)20(25)23-16-4-2-1-3-15(16)22/h1-11H,12H2,(H,23,25). The van der Waals surface area contributed by atoms with E-state index in [4.69, 9.17) is 0 Å². The normalized spacial score (nSPS) is 11.0. The van der Waals surface area contributed by atoms with Crippen molar-refractivity contribution >= 4 is 33.1 Å². The number of halogens is 2. The van der Waals surface area contributed by atoms with Crippen LogP contribution < -0.4 is 5.32 Å². The molecule has 2 aromatic heterocycles. The van der Waals surface area contributed by atoms with Crippen LogP contribution in [-0.2, 0) is 6.54 Å². The summed E-state index contributed by atoms with van der Waals surface area (Å²) in [4.78, 5) is 12.7. The molecule has 2 heterocycles. The van der Waals surface area contributed by atoms with E-state index in [0.717, 1.165) is 15.8 Å². The van der Waals surface area contributed by atoms with Gasteiger partial charge in [-0.3, -0.25) is 4.79 Å². The van der Waals surface area contributed by atoms with E-state index in [9.17, 15) is 13.6 Å². The van der Waals surface area contributed by atoms with Crippen LogP contribution in [0.3, 0.4) is 0 Å². The van der Waals surface area contributed by atoms with Crippen molar-refractivity contribution in [2.75, 3.05) is 5.32 Å². The summed E-state index contributed by atoms with van der Waals surface area (Å²) in [6.45, 7) is 0.417. The second-order valence-electron chi connectivity index (χ2n) is 5.85. The van der Waals surface area contributed by atoms with E-state index in [1.807, 2.05) is 16.0 Å². The first-order valence-electron chi connectivity index (χ1n) is 7.99. The van der Waals surface area contributed by atoms with Gasteiger partial charge in [0.25, 0.3) is 5.91 Å². The summed E-state index contributed by atoms with van der Waals surface area (Å²) in [6.07, 6.45) is 0. The van der Waals surface area contributed by atoms with Crippen molar-refractivity contribution < 1.29 is 13.6 Å². The number of thiophene rings is 1. The summed E-state index contributed by atoms with van der Waals surface area (Å²) in [5.74, 6) is -1.18. The number of fused-ring (bicyclic) bond motifs is 1. The minimum Gasteiger partial charge on any atom is -0.331 e. The van der Waals surface area contributed by atoms with Crippen LogP contribution in [0.1, 0.15) is 16.1 Å². The molecule has 0 bridgehead atoms. The number of carbonyl (C=O) groups excluding carboxylic acids is 1. The van der Waals surface area contributed by atoms with Crippen molar-refractivity contribution in [2.24, 2.45) is 0 Å². The fraction of sp³-hybridized carbons (Fsp3) is 0.0500. The Hall–Kier alpha value is -2.99. The highest BCUT2D eigenvalue weighted by Gasteiger charge is 2.18. The lowest BCUT2D eigenvalue weighted by Gasteiger charge is -2.11. The predicted molar refractivity (Wildman–Crippen MR) is 99.7 cm³/mol. The zero-order valence-corrected chi connectivity index (χ0v) is 14.4. The maximum absolute atomic E-state index is 13.8. The molecule has 0 saturated carbocycles. The topological polar surface area (TPSA) is 34.0 Å². The second kappa shape index (κ2) is 6.72. The molecular formula is C20H14F2N2OS. The lowest BCUT2D eigenvalue weighted by molar-refractivity contribution is 0.101. The van der Waals surface area contributed by atoms with Gasteiger partial charge in [-0.2, -0.15) is 0 Å². The third kappa shape index (κ3) is 3.11. The van der Waals surface area contributed by atoms with Gasteiger partial charge >= 0.3 is 0 Å². The summed E-state index contributed by atoms with van der Waals surface area (Å²) in [6, 6.07) is 15.9. The molecule has 0 aliphatic heterocycles. The maximum atomic E-state index is 13.8. The number of hydrogen-bond acceptors (Lipinski definition) is 2. The average molecular weight is 368 g/mol. The molecule has 6 heteroatoms. The zero-order valence-electron chi connectivity index (χ0n) is 13.6. The summed E-state index contributed by atoms with van der Waals surface area (Å²) in [7, 11) is 0. The number of aromatic nitrogens is 1. The molecule has 26 heavy (non-hydrogen) atoms. The molecular weight excluding hydrogens is 354 g/mol. The van der Waals surface area contributed by atoms with Gasteiger partial charge in [-0.25, -0.2) is 8.78 Å². The Morgan fingerprint density at radius 3 is 2.58 bits per heavy atom. The first-order valence-corrected chi connectivity index (χ1v) is 8.87. The van der Waals surface area contributed by atoms with Crippen molar-refractivity contribution in [3.05, 3.63) is 88.9 Å². The highest BCUT2D eigenvalue weighted by molar-refractivity contribution is 7.17. The molecule has 0 unspecified atom stereocenters. The van der Waals surface area contributed by atoms with Crippen molar-refractivity contribution in [3.63, 3.8) is 0 Å². The number of nitrogens with zero attached hydrogens (tertiary/aromatic N) is 1. The zero-order chi connectivity index (χ0) is 18.1. The molecule has 0 radical (unpaired) electrons. The van der Waals surface area contributed by atoms with Gasteiger partial charge in [0.1, 0.15) is 17.3 Å². The smallest absolute Gasteiger partial charge is 0.272 e.